The number of ether oxygens (including phenoxy) is 1. The molecule has 0 radical (unpaired) electrons. The molecule has 0 aromatic heterocycles. The van der Waals surface area contributed by atoms with Crippen molar-refractivity contribution in [1.29, 1.82) is 0 Å². The van der Waals surface area contributed by atoms with Gasteiger partial charge in [-0.3, -0.25) is 9.59 Å². The molecule has 0 saturated carbocycles. The third-order valence-corrected chi connectivity index (χ3v) is 12.0. The van der Waals surface area contributed by atoms with E-state index in [4.69, 9.17) is 4.74 Å². The SMILES string of the molecule is CCCCC/C=C\C/C=C\CCCCCCCCCCCC(=O)OCCCCCCCCCCCCCC(=O)NC(CO)C(O)CCCCCCCCCCCCCC. The van der Waals surface area contributed by atoms with Crippen molar-refractivity contribution in [3.63, 3.8) is 0 Å². The van der Waals surface area contributed by atoms with Gasteiger partial charge in [0.1, 0.15) is 0 Å². The lowest BCUT2D eigenvalue weighted by molar-refractivity contribution is -0.143. The van der Waals surface area contributed by atoms with E-state index in [0.29, 0.717) is 25.9 Å². The van der Waals surface area contributed by atoms with Gasteiger partial charge in [0.25, 0.3) is 0 Å². The lowest BCUT2D eigenvalue weighted by atomic mass is 10.0. The van der Waals surface area contributed by atoms with Crippen LogP contribution in [0.3, 0.4) is 0 Å². The van der Waals surface area contributed by atoms with E-state index in [9.17, 15) is 19.8 Å². The molecule has 348 valence electrons. The predicted molar refractivity (Wildman–Crippen MR) is 255 cm³/mol. The van der Waals surface area contributed by atoms with Crippen LogP contribution in [0.25, 0.3) is 0 Å². The van der Waals surface area contributed by atoms with Crippen molar-refractivity contribution in [2.24, 2.45) is 0 Å². The van der Waals surface area contributed by atoms with Crippen LogP contribution in [-0.4, -0.2) is 47.4 Å². The van der Waals surface area contributed by atoms with Crippen molar-refractivity contribution >= 4 is 11.9 Å². The molecule has 0 aromatic carbocycles. The molecule has 0 spiro atoms. The number of esters is 1. The molecular formula is C53H101NO5. The first kappa shape index (κ1) is 57.3. The van der Waals surface area contributed by atoms with Crippen LogP contribution >= 0.6 is 0 Å². The monoisotopic (exact) mass is 832 g/mol. The number of rotatable bonds is 48. The fourth-order valence-corrected chi connectivity index (χ4v) is 7.96. The number of hydrogen-bond donors (Lipinski definition) is 3. The third kappa shape index (κ3) is 45.7. The molecular weight excluding hydrogens is 731 g/mol. The Morgan fingerprint density at radius 2 is 0.847 bits per heavy atom. The summed E-state index contributed by atoms with van der Waals surface area (Å²) in [7, 11) is 0. The predicted octanol–water partition coefficient (Wildman–Crippen LogP) is 15.5. The van der Waals surface area contributed by atoms with Gasteiger partial charge in [0, 0.05) is 12.8 Å². The highest BCUT2D eigenvalue weighted by Crippen LogP contribution is 2.16. The number of amides is 1. The van der Waals surface area contributed by atoms with Gasteiger partial charge in [-0.2, -0.15) is 0 Å². The maximum absolute atomic E-state index is 12.4. The first-order chi connectivity index (χ1) is 29.0. The largest absolute Gasteiger partial charge is 0.466 e. The van der Waals surface area contributed by atoms with E-state index >= 15 is 0 Å². The van der Waals surface area contributed by atoms with Crippen LogP contribution in [0.2, 0.25) is 0 Å². The van der Waals surface area contributed by atoms with Crippen molar-refractivity contribution in [2.45, 2.75) is 289 Å². The smallest absolute Gasteiger partial charge is 0.305 e. The molecule has 0 aromatic rings. The van der Waals surface area contributed by atoms with Gasteiger partial charge in [-0.1, -0.05) is 231 Å². The summed E-state index contributed by atoms with van der Waals surface area (Å²) in [4.78, 5) is 24.5. The van der Waals surface area contributed by atoms with Gasteiger partial charge >= 0.3 is 5.97 Å². The minimum atomic E-state index is -0.675. The second kappa shape index (κ2) is 49.0. The minimum absolute atomic E-state index is 0.0175. The fraction of sp³-hybridized carbons (Fsp3) is 0.887. The van der Waals surface area contributed by atoms with E-state index < -0.39 is 12.1 Å². The third-order valence-electron chi connectivity index (χ3n) is 12.0. The molecule has 2 atom stereocenters. The summed E-state index contributed by atoms with van der Waals surface area (Å²) in [6.07, 6.45) is 57.1. The van der Waals surface area contributed by atoms with Crippen LogP contribution in [0.1, 0.15) is 277 Å². The number of unbranched alkanes of at least 4 members (excludes halogenated alkanes) is 33. The van der Waals surface area contributed by atoms with E-state index in [1.165, 1.54) is 180 Å². The van der Waals surface area contributed by atoms with Crippen molar-refractivity contribution in [3.8, 4) is 0 Å². The summed E-state index contributed by atoms with van der Waals surface area (Å²) in [6.45, 7) is 4.88. The van der Waals surface area contributed by atoms with Gasteiger partial charge in [0.2, 0.25) is 5.91 Å². The summed E-state index contributed by atoms with van der Waals surface area (Å²) < 4.78 is 5.47. The quantitative estimate of drug-likeness (QED) is 0.0322. The summed E-state index contributed by atoms with van der Waals surface area (Å²) in [5.74, 6) is -0.0721. The summed E-state index contributed by atoms with van der Waals surface area (Å²) >= 11 is 0. The molecule has 0 heterocycles. The molecule has 0 saturated heterocycles. The Hall–Kier alpha value is -1.66. The normalized spacial score (nSPS) is 12.8. The van der Waals surface area contributed by atoms with E-state index in [-0.39, 0.29) is 18.5 Å². The van der Waals surface area contributed by atoms with Crippen LogP contribution in [-0.2, 0) is 14.3 Å². The zero-order valence-corrected chi connectivity index (χ0v) is 39.5. The number of hydrogen-bond acceptors (Lipinski definition) is 5. The molecule has 2 unspecified atom stereocenters. The lowest BCUT2D eigenvalue weighted by Crippen LogP contribution is -2.45. The highest BCUT2D eigenvalue weighted by atomic mass is 16.5. The number of carbonyl (C=O) groups excluding carboxylic acids is 2. The topological polar surface area (TPSA) is 95.9 Å². The Labute approximate surface area is 367 Å². The number of nitrogens with one attached hydrogen (secondary N) is 1. The Kier molecular flexibility index (Phi) is 47.6. The highest BCUT2D eigenvalue weighted by molar-refractivity contribution is 5.76. The van der Waals surface area contributed by atoms with Gasteiger partial charge in [0.15, 0.2) is 0 Å². The van der Waals surface area contributed by atoms with Gasteiger partial charge in [-0.15, -0.1) is 0 Å². The van der Waals surface area contributed by atoms with E-state index in [0.717, 1.165) is 64.2 Å². The minimum Gasteiger partial charge on any atom is -0.466 e. The van der Waals surface area contributed by atoms with Crippen molar-refractivity contribution in [1.82, 2.24) is 5.32 Å². The van der Waals surface area contributed by atoms with E-state index in [1.54, 1.807) is 0 Å². The van der Waals surface area contributed by atoms with Crippen LogP contribution in [0.5, 0.6) is 0 Å². The van der Waals surface area contributed by atoms with Crippen molar-refractivity contribution < 1.29 is 24.5 Å². The summed E-state index contributed by atoms with van der Waals surface area (Å²) in [5, 5.41) is 23.2. The maximum Gasteiger partial charge on any atom is 0.305 e. The molecule has 1 amide bonds. The Bertz CT molecular complexity index is 920. The number of carbonyl (C=O) groups is 2. The summed E-state index contributed by atoms with van der Waals surface area (Å²) in [5.41, 5.74) is 0. The Morgan fingerprint density at radius 1 is 0.475 bits per heavy atom. The average Bonchev–Trinajstić information content (AvgIpc) is 3.24. The van der Waals surface area contributed by atoms with Crippen LogP contribution in [0.15, 0.2) is 24.3 Å². The number of aliphatic hydroxyl groups excluding tert-OH is 2. The second-order valence-electron chi connectivity index (χ2n) is 17.9. The Morgan fingerprint density at radius 3 is 1.32 bits per heavy atom. The molecule has 6 nitrogen and oxygen atoms in total. The molecule has 6 heteroatoms. The molecule has 0 rings (SSSR count). The van der Waals surface area contributed by atoms with Crippen LogP contribution in [0, 0.1) is 0 Å². The molecule has 59 heavy (non-hydrogen) atoms. The fourth-order valence-electron chi connectivity index (χ4n) is 7.96. The standard InChI is InChI=1S/C53H101NO5/c1-3-5-7-9-11-13-15-17-18-19-20-21-22-23-27-31-35-39-43-47-53(58)59-48-44-40-36-32-28-24-26-30-34-38-42-46-52(57)54-50(49-55)51(56)45-41-37-33-29-25-16-14-12-10-8-6-4-2/h11,13,17-18,50-51,55-56H,3-10,12,14-16,19-49H2,1-2H3,(H,54,57)/b13-11-,18-17-. The maximum atomic E-state index is 12.4. The van der Waals surface area contributed by atoms with Gasteiger partial charge < -0.3 is 20.3 Å². The van der Waals surface area contributed by atoms with Gasteiger partial charge in [-0.25, -0.2) is 0 Å². The van der Waals surface area contributed by atoms with Crippen LogP contribution in [0.4, 0.5) is 0 Å². The molecule has 0 fully saturated rings. The summed E-state index contributed by atoms with van der Waals surface area (Å²) in [6, 6.07) is -0.554. The number of allylic oxidation sites excluding steroid dienone is 4. The highest BCUT2D eigenvalue weighted by Gasteiger charge is 2.20. The van der Waals surface area contributed by atoms with E-state index in [1.807, 2.05) is 0 Å². The van der Waals surface area contributed by atoms with Crippen molar-refractivity contribution in [3.05, 3.63) is 24.3 Å². The molecule has 0 aliphatic heterocycles. The second-order valence-corrected chi connectivity index (χ2v) is 17.9. The molecule has 3 N–H and O–H groups in total. The van der Waals surface area contributed by atoms with Crippen molar-refractivity contribution in [2.75, 3.05) is 13.2 Å². The first-order valence-corrected chi connectivity index (χ1v) is 26.1. The molecule has 0 bridgehead atoms. The average molecular weight is 832 g/mol. The molecule has 0 aliphatic carbocycles. The zero-order valence-electron chi connectivity index (χ0n) is 39.5. The number of aliphatic hydroxyl groups is 2. The first-order valence-electron chi connectivity index (χ1n) is 26.1. The van der Waals surface area contributed by atoms with Crippen LogP contribution < -0.4 is 5.32 Å². The van der Waals surface area contributed by atoms with Gasteiger partial charge in [-0.05, 0) is 57.8 Å². The lowest BCUT2D eigenvalue weighted by Gasteiger charge is -2.22. The Balaban J connectivity index is 3.45. The zero-order chi connectivity index (χ0) is 43.0. The van der Waals surface area contributed by atoms with Gasteiger partial charge in [0.05, 0.1) is 25.4 Å². The van der Waals surface area contributed by atoms with E-state index in [2.05, 4.69) is 43.5 Å². The molecule has 0 aliphatic rings.